The Kier molecular flexibility index (Phi) is 10.7. The summed E-state index contributed by atoms with van der Waals surface area (Å²) in [5.41, 5.74) is 10.6. The summed E-state index contributed by atoms with van der Waals surface area (Å²) in [6.07, 6.45) is 1.47. The van der Waals surface area contributed by atoms with Crippen molar-refractivity contribution in [2.45, 2.75) is 56.7 Å². The van der Waals surface area contributed by atoms with Crippen molar-refractivity contribution >= 4 is 48.0 Å². The minimum atomic E-state index is -1.28. The van der Waals surface area contributed by atoms with E-state index in [1.807, 2.05) is 0 Å². The second kappa shape index (κ2) is 12.7. The SMILES string of the molecule is Cl.NC(N)=NCCC[C@@H]1NC(=O)[C@@H]2CC[C@@H](C2)NC(=O)[C@H](CC(=O)O)NC(=O)CNC1=O. The zero-order chi connectivity index (χ0) is 23.0. The lowest BCUT2D eigenvalue weighted by molar-refractivity contribution is -0.141. The van der Waals surface area contributed by atoms with Gasteiger partial charge in [0.05, 0.1) is 13.0 Å². The molecule has 2 rings (SSSR count). The number of fused-ring (bicyclic) bond motifs is 2. The molecule has 0 unspecified atom stereocenters. The molecule has 2 aliphatic rings. The normalized spacial score (nSPS) is 26.4. The average Bonchev–Trinajstić information content (AvgIpc) is 3.15. The number of hydrogen-bond donors (Lipinski definition) is 7. The van der Waals surface area contributed by atoms with E-state index in [0.29, 0.717) is 25.7 Å². The minimum Gasteiger partial charge on any atom is -0.481 e. The van der Waals surface area contributed by atoms with Crippen LogP contribution >= 0.6 is 12.4 Å². The van der Waals surface area contributed by atoms with Gasteiger partial charge in [-0.2, -0.15) is 0 Å². The molecule has 9 N–H and O–H groups in total. The summed E-state index contributed by atoms with van der Waals surface area (Å²) in [7, 11) is 0. The third-order valence-corrected chi connectivity index (χ3v) is 5.18. The molecule has 2 bridgehead atoms. The number of aliphatic carboxylic acids is 1. The predicted octanol–water partition coefficient (Wildman–Crippen LogP) is -2.68. The van der Waals surface area contributed by atoms with E-state index in [0.717, 1.165) is 0 Å². The van der Waals surface area contributed by atoms with Crippen LogP contribution in [0.3, 0.4) is 0 Å². The summed E-state index contributed by atoms with van der Waals surface area (Å²) in [4.78, 5) is 64.8. The number of rotatable bonds is 6. The molecule has 14 heteroatoms. The maximum Gasteiger partial charge on any atom is 0.305 e. The highest BCUT2D eigenvalue weighted by atomic mass is 35.5. The first-order valence-corrected chi connectivity index (χ1v) is 10.1. The van der Waals surface area contributed by atoms with Gasteiger partial charge in [0.15, 0.2) is 5.96 Å². The molecule has 4 amide bonds. The highest BCUT2D eigenvalue weighted by Gasteiger charge is 2.35. The van der Waals surface area contributed by atoms with Crippen LogP contribution in [0, 0.1) is 5.92 Å². The molecule has 1 heterocycles. The van der Waals surface area contributed by atoms with E-state index >= 15 is 0 Å². The molecule has 13 nitrogen and oxygen atoms in total. The predicted molar refractivity (Wildman–Crippen MR) is 116 cm³/mol. The van der Waals surface area contributed by atoms with Gasteiger partial charge in [-0.1, -0.05) is 0 Å². The smallest absolute Gasteiger partial charge is 0.305 e. The van der Waals surface area contributed by atoms with Gasteiger partial charge in [0, 0.05) is 18.5 Å². The van der Waals surface area contributed by atoms with Crippen LogP contribution in [0.2, 0.25) is 0 Å². The van der Waals surface area contributed by atoms with Crippen molar-refractivity contribution in [3.8, 4) is 0 Å². The Bertz CT molecular complexity index is 758. The van der Waals surface area contributed by atoms with Crippen molar-refractivity contribution in [1.29, 1.82) is 0 Å². The summed E-state index contributed by atoms with van der Waals surface area (Å²) >= 11 is 0. The molecule has 32 heavy (non-hydrogen) atoms. The number of amides is 4. The maximum absolute atomic E-state index is 12.7. The van der Waals surface area contributed by atoms with Crippen LogP contribution < -0.4 is 32.7 Å². The molecule has 0 aromatic rings. The van der Waals surface area contributed by atoms with Gasteiger partial charge in [-0.3, -0.25) is 29.0 Å². The lowest BCUT2D eigenvalue weighted by Crippen LogP contribution is -2.54. The molecule has 180 valence electrons. The number of aliphatic imine (C=N–C) groups is 1. The molecule has 1 saturated heterocycles. The quantitative estimate of drug-likeness (QED) is 0.121. The van der Waals surface area contributed by atoms with Crippen molar-refractivity contribution in [3.63, 3.8) is 0 Å². The molecule has 0 spiro atoms. The van der Waals surface area contributed by atoms with Crippen LogP contribution in [0.15, 0.2) is 4.99 Å². The van der Waals surface area contributed by atoms with Crippen molar-refractivity contribution in [2.75, 3.05) is 13.1 Å². The standard InChI is InChI=1S/C18H29N7O6.ClH/c19-18(20)21-5-1-2-11-16(30)22-8-13(26)24-12(7-14(27)28)17(31)23-10-4-3-9(6-10)15(29)25-11;/h9-12H,1-8H2,(H,22,30)(H,23,31)(H,24,26)(H,25,29)(H,27,28)(H4,19,20,21);1H/t9-,10+,11+,12+;/m1./s1. The van der Waals surface area contributed by atoms with E-state index in [-0.39, 0.29) is 43.3 Å². The molecule has 1 aliphatic carbocycles. The minimum absolute atomic E-state index is 0. The van der Waals surface area contributed by atoms with Gasteiger partial charge in [0.25, 0.3) is 0 Å². The molecular weight excluding hydrogens is 446 g/mol. The summed E-state index contributed by atoms with van der Waals surface area (Å²) in [6.45, 7) is -0.202. The number of nitrogens with one attached hydrogen (secondary N) is 4. The maximum atomic E-state index is 12.7. The molecular formula is C18H30ClN7O6. The molecule has 1 saturated carbocycles. The Hall–Kier alpha value is -3.09. The number of carbonyl (C=O) groups is 5. The van der Waals surface area contributed by atoms with Gasteiger partial charge in [0.2, 0.25) is 23.6 Å². The number of hydrogen-bond acceptors (Lipinski definition) is 6. The first-order valence-electron chi connectivity index (χ1n) is 10.1. The average molecular weight is 476 g/mol. The van der Waals surface area contributed by atoms with Gasteiger partial charge >= 0.3 is 5.97 Å². The molecule has 4 atom stereocenters. The van der Waals surface area contributed by atoms with Crippen molar-refractivity contribution in [2.24, 2.45) is 22.4 Å². The molecule has 1 aliphatic heterocycles. The third-order valence-electron chi connectivity index (χ3n) is 5.18. The van der Waals surface area contributed by atoms with Crippen LogP contribution in [-0.4, -0.2) is 71.9 Å². The van der Waals surface area contributed by atoms with Crippen LogP contribution in [0.5, 0.6) is 0 Å². The monoisotopic (exact) mass is 475 g/mol. The fourth-order valence-electron chi connectivity index (χ4n) is 3.63. The Morgan fingerprint density at radius 1 is 1.00 bits per heavy atom. The van der Waals surface area contributed by atoms with Gasteiger partial charge in [-0.15, -0.1) is 12.4 Å². The summed E-state index contributed by atoms with van der Waals surface area (Å²) in [5, 5.41) is 19.2. The molecule has 0 aromatic carbocycles. The zero-order valence-electron chi connectivity index (χ0n) is 17.5. The highest BCUT2D eigenvalue weighted by molar-refractivity contribution is 5.94. The zero-order valence-corrected chi connectivity index (χ0v) is 18.3. The lowest BCUT2D eigenvalue weighted by atomic mass is 10.0. The number of carbonyl (C=O) groups excluding carboxylic acids is 4. The number of carboxylic acid groups (broad SMARTS) is 1. The summed E-state index contributed by atoms with van der Waals surface area (Å²) in [5.74, 6) is -3.97. The van der Waals surface area contributed by atoms with Gasteiger partial charge < -0.3 is 37.8 Å². The second-order valence-electron chi connectivity index (χ2n) is 7.66. The van der Waals surface area contributed by atoms with Crippen LogP contribution in [0.25, 0.3) is 0 Å². The van der Waals surface area contributed by atoms with Crippen LogP contribution in [-0.2, 0) is 24.0 Å². The first-order chi connectivity index (χ1) is 14.7. The van der Waals surface area contributed by atoms with E-state index < -0.39 is 54.7 Å². The summed E-state index contributed by atoms with van der Waals surface area (Å²) in [6, 6.07) is -2.50. The van der Waals surface area contributed by atoms with Crippen molar-refractivity contribution in [3.05, 3.63) is 0 Å². The Morgan fingerprint density at radius 2 is 1.72 bits per heavy atom. The van der Waals surface area contributed by atoms with Gasteiger partial charge in [0.1, 0.15) is 12.1 Å². The van der Waals surface area contributed by atoms with Crippen LogP contribution in [0.1, 0.15) is 38.5 Å². The fourth-order valence-corrected chi connectivity index (χ4v) is 3.63. The van der Waals surface area contributed by atoms with E-state index in [4.69, 9.17) is 16.6 Å². The molecule has 0 aromatic heterocycles. The topological polar surface area (TPSA) is 218 Å². The number of carboxylic acids is 1. The fraction of sp³-hybridized carbons (Fsp3) is 0.667. The van der Waals surface area contributed by atoms with Crippen LogP contribution in [0.4, 0.5) is 0 Å². The third kappa shape index (κ3) is 8.57. The van der Waals surface area contributed by atoms with Gasteiger partial charge in [-0.25, -0.2) is 0 Å². The van der Waals surface area contributed by atoms with E-state index in [1.165, 1.54) is 0 Å². The first kappa shape index (κ1) is 26.9. The lowest BCUT2D eigenvalue weighted by Gasteiger charge is -2.23. The van der Waals surface area contributed by atoms with E-state index in [1.54, 1.807) is 0 Å². The Morgan fingerprint density at radius 3 is 2.38 bits per heavy atom. The van der Waals surface area contributed by atoms with E-state index in [9.17, 15) is 24.0 Å². The summed E-state index contributed by atoms with van der Waals surface area (Å²) < 4.78 is 0. The van der Waals surface area contributed by atoms with Gasteiger partial charge in [-0.05, 0) is 32.1 Å². The largest absolute Gasteiger partial charge is 0.481 e. The van der Waals surface area contributed by atoms with Crippen molar-refractivity contribution < 1.29 is 29.1 Å². The van der Waals surface area contributed by atoms with E-state index in [2.05, 4.69) is 26.3 Å². The Labute approximate surface area is 190 Å². The highest BCUT2D eigenvalue weighted by Crippen LogP contribution is 2.26. The number of nitrogens with zero attached hydrogens (tertiary/aromatic N) is 1. The molecule has 2 fully saturated rings. The van der Waals surface area contributed by atoms with Crippen molar-refractivity contribution in [1.82, 2.24) is 21.3 Å². The number of guanidine groups is 1. The second-order valence-corrected chi connectivity index (χ2v) is 7.66. The number of halogens is 1. The molecule has 0 radical (unpaired) electrons. The Balaban J connectivity index is 0.00000512. The number of nitrogens with two attached hydrogens (primary N) is 2.